The SMILES string of the molecule is CC(=O)N1/C(=C/c2ccccc2)C(=O)N2CCc3ccccc3C21. The van der Waals surface area contributed by atoms with Crippen LogP contribution in [0.2, 0.25) is 0 Å². The molecular formula is C20H18N2O2. The number of nitrogens with zero attached hydrogens (tertiary/aromatic N) is 2. The topological polar surface area (TPSA) is 40.6 Å². The lowest BCUT2D eigenvalue weighted by Gasteiger charge is -2.34. The van der Waals surface area contributed by atoms with Gasteiger partial charge in [-0.15, -0.1) is 0 Å². The Kier molecular flexibility index (Phi) is 3.45. The van der Waals surface area contributed by atoms with Gasteiger partial charge < -0.3 is 4.90 Å². The van der Waals surface area contributed by atoms with Gasteiger partial charge in [-0.25, -0.2) is 0 Å². The Bertz CT molecular complexity index is 842. The third-order valence-corrected chi connectivity index (χ3v) is 4.68. The Morgan fingerprint density at radius 3 is 2.54 bits per heavy atom. The standard InChI is InChI=1S/C20H18N2O2/c1-14(23)22-18(13-15-7-3-2-4-8-15)20(24)21-12-11-16-9-5-6-10-17(16)19(21)22/h2-10,13,19H,11-12H2,1H3/b18-13+. The Morgan fingerprint density at radius 2 is 1.79 bits per heavy atom. The number of hydrogen-bond acceptors (Lipinski definition) is 2. The van der Waals surface area contributed by atoms with Gasteiger partial charge in [0.05, 0.1) is 0 Å². The van der Waals surface area contributed by atoms with E-state index in [4.69, 9.17) is 0 Å². The van der Waals surface area contributed by atoms with Gasteiger partial charge in [0.1, 0.15) is 11.9 Å². The quantitative estimate of drug-likeness (QED) is 0.759. The molecule has 1 unspecified atom stereocenters. The van der Waals surface area contributed by atoms with E-state index in [-0.39, 0.29) is 18.0 Å². The zero-order valence-electron chi connectivity index (χ0n) is 13.5. The first-order valence-electron chi connectivity index (χ1n) is 8.12. The lowest BCUT2D eigenvalue weighted by molar-refractivity contribution is -0.130. The number of carbonyl (C=O) groups excluding carboxylic acids is 2. The molecule has 0 N–H and O–H groups in total. The fourth-order valence-corrected chi connectivity index (χ4v) is 3.60. The van der Waals surface area contributed by atoms with Gasteiger partial charge in [-0.2, -0.15) is 0 Å². The molecule has 2 aliphatic heterocycles. The molecule has 2 aromatic rings. The maximum Gasteiger partial charge on any atom is 0.272 e. The van der Waals surface area contributed by atoms with E-state index in [0.29, 0.717) is 12.2 Å². The Morgan fingerprint density at radius 1 is 1.08 bits per heavy atom. The molecule has 2 aromatic carbocycles. The van der Waals surface area contributed by atoms with Gasteiger partial charge in [-0.1, -0.05) is 54.6 Å². The highest BCUT2D eigenvalue weighted by Crippen LogP contribution is 2.41. The van der Waals surface area contributed by atoms with Crippen molar-refractivity contribution in [2.75, 3.05) is 6.54 Å². The predicted octanol–water partition coefficient (Wildman–Crippen LogP) is 2.97. The van der Waals surface area contributed by atoms with E-state index in [1.54, 1.807) is 9.80 Å². The van der Waals surface area contributed by atoms with Crippen molar-refractivity contribution in [2.45, 2.75) is 19.5 Å². The summed E-state index contributed by atoms with van der Waals surface area (Å²) in [5.41, 5.74) is 3.62. The molecule has 1 fully saturated rings. The maximum atomic E-state index is 12.9. The van der Waals surface area contributed by atoms with E-state index < -0.39 is 0 Å². The second-order valence-corrected chi connectivity index (χ2v) is 6.15. The number of carbonyl (C=O) groups is 2. The predicted molar refractivity (Wildman–Crippen MR) is 91.5 cm³/mol. The zero-order chi connectivity index (χ0) is 16.7. The van der Waals surface area contributed by atoms with Crippen LogP contribution in [0, 0.1) is 0 Å². The smallest absolute Gasteiger partial charge is 0.272 e. The van der Waals surface area contributed by atoms with Crippen LogP contribution in [-0.4, -0.2) is 28.2 Å². The van der Waals surface area contributed by atoms with E-state index in [1.807, 2.05) is 54.6 Å². The molecule has 4 nitrogen and oxygen atoms in total. The molecule has 0 radical (unpaired) electrons. The van der Waals surface area contributed by atoms with E-state index >= 15 is 0 Å². The van der Waals surface area contributed by atoms with Crippen LogP contribution in [0.4, 0.5) is 0 Å². The summed E-state index contributed by atoms with van der Waals surface area (Å²) in [5.74, 6) is -0.191. The number of hydrogen-bond donors (Lipinski definition) is 0. The first kappa shape index (κ1) is 14.7. The van der Waals surface area contributed by atoms with Gasteiger partial charge in [-0.3, -0.25) is 14.5 Å². The van der Waals surface area contributed by atoms with Crippen molar-refractivity contribution in [3.63, 3.8) is 0 Å². The zero-order valence-corrected chi connectivity index (χ0v) is 13.5. The molecule has 120 valence electrons. The second-order valence-electron chi connectivity index (χ2n) is 6.15. The van der Waals surface area contributed by atoms with Crippen LogP contribution in [0.1, 0.15) is 29.8 Å². The largest absolute Gasteiger partial charge is 0.312 e. The fourth-order valence-electron chi connectivity index (χ4n) is 3.60. The van der Waals surface area contributed by atoms with Gasteiger partial charge in [-0.05, 0) is 29.2 Å². The van der Waals surface area contributed by atoms with E-state index in [1.165, 1.54) is 12.5 Å². The van der Waals surface area contributed by atoms with Crippen molar-refractivity contribution >= 4 is 17.9 Å². The van der Waals surface area contributed by atoms with Gasteiger partial charge in [0, 0.05) is 13.5 Å². The summed E-state index contributed by atoms with van der Waals surface area (Å²) in [6.45, 7) is 2.16. The van der Waals surface area contributed by atoms with Crippen LogP contribution in [0.3, 0.4) is 0 Å². The molecular weight excluding hydrogens is 300 g/mol. The molecule has 2 amide bonds. The highest BCUT2D eigenvalue weighted by Gasteiger charge is 2.46. The highest BCUT2D eigenvalue weighted by molar-refractivity contribution is 6.04. The number of benzene rings is 2. The van der Waals surface area contributed by atoms with Crippen LogP contribution < -0.4 is 0 Å². The van der Waals surface area contributed by atoms with Gasteiger partial charge in [0.25, 0.3) is 5.91 Å². The van der Waals surface area contributed by atoms with Crippen LogP contribution >= 0.6 is 0 Å². The third kappa shape index (κ3) is 2.22. The minimum absolute atomic E-state index is 0.0754. The van der Waals surface area contributed by atoms with E-state index in [0.717, 1.165) is 17.5 Å². The molecule has 1 atom stereocenters. The number of fused-ring (bicyclic) bond motifs is 3. The van der Waals surface area contributed by atoms with Gasteiger partial charge in [0.2, 0.25) is 5.91 Å². The summed E-state index contributed by atoms with van der Waals surface area (Å²) >= 11 is 0. The molecule has 4 heteroatoms. The summed E-state index contributed by atoms with van der Waals surface area (Å²) in [5, 5.41) is 0. The van der Waals surface area contributed by atoms with Crippen LogP contribution in [0.5, 0.6) is 0 Å². The van der Waals surface area contributed by atoms with Gasteiger partial charge >= 0.3 is 0 Å². The molecule has 0 bridgehead atoms. The van der Waals surface area contributed by atoms with Crippen molar-refractivity contribution in [1.29, 1.82) is 0 Å². The Balaban J connectivity index is 1.85. The fraction of sp³-hybridized carbons (Fsp3) is 0.200. The monoisotopic (exact) mass is 318 g/mol. The first-order valence-corrected chi connectivity index (χ1v) is 8.12. The maximum absolute atomic E-state index is 12.9. The molecule has 0 spiro atoms. The molecule has 1 saturated heterocycles. The van der Waals surface area contributed by atoms with Crippen LogP contribution in [0.25, 0.3) is 6.08 Å². The van der Waals surface area contributed by atoms with Crippen molar-refractivity contribution in [3.8, 4) is 0 Å². The molecule has 2 aliphatic rings. The Hall–Kier alpha value is -2.88. The Labute approximate surface area is 141 Å². The second kappa shape index (κ2) is 5.64. The normalized spacial score (nSPS) is 21.0. The summed E-state index contributed by atoms with van der Waals surface area (Å²) < 4.78 is 0. The lowest BCUT2D eigenvalue weighted by Crippen LogP contribution is -2.39. The summed E-state index contributed by atoms with van der Waals surface area (Å²) in [6, 6.07) is 17.7. The molecule has 4 rings (SSSR count). The minimum atomic E-state index is -0.324. The number of rotatable bonds is 1. The van der Waals surface area contributed by atoms with Gasteiger partial charge in [0.15, 0.2) is 0 Å². The van der Waals surface area contributed by atoms with Crippen molar-refractivity contribution in [3.05, 3.63) is 77.0 Å². The average Bonchev–Trinajstić information content (AvgIpc) is 2.89. The summed E-state index contributed by atoms with van der Waals surface area (Å²) in [4.78, 5) is 28.7. The van der Waals surface area contributed by atoms with Crippen molar-refractivity contribution in [1.82, 2.24) is 9.80 Å². The first-order chi connectivity index (χ1) is 11.7. The van der Waals surface area contributed by atoms with Crippen LogP contribution in [0.15, 0.2) is 60.3 Å². The van der Waals surface area contributed by atoms with E-state index in [2.05, 4.69) is 6.07 Å². The molecule has 24 heavy (non-hydrogen) atoms. The lowest BCUT2D eigenvalue weighted by atomic mass is 9.97. The summed E-state index contributed by atoms with van der Waals surface area (Å²) in [6.07, 6.45) is 2.31. The highest BCUT2D eigenvalue weighted by atomic mass is 16.2. The molecule has 0 aliphatic carbocycles. The minimum Gasteiger partial charge on any atom is -0.312 e. The molecule has 0 aromatic heterocycles. The third-order valence-electron chi connectivity index (χ3n) is 4.68. The van der Waals surface area contributed by atoms with Crippen LogP contribution in [-0.2, 0) is 16.0 Å². The van der Waals surface area contributed by atoms with E-state index in [9.17, 15) is 9.59 Å². The molecule has 2 heterocycles. The number of amides is 2. The summed E-state index contributed by atoms with van der Waals surface area (Å²) in [7, 11) is 0. The average molecular weight is 318 g/mol. The van der Waals surface area contributed by atoms with Crippen molar-refractivity contribution in [2.24, 2.45) is 0 Å². The molecule has 0 saturated carbocycles. The van der Waals surface area contributed by atoms with Crippen molar-refractivity contribution < 1.29 is 9.59 Å².